The van der Waals surface area contributed by atoms with Crippen LogP contribution in [0.2, 0.25) is 0 Å². The highest BCUT2D eigenvalue weighted by Crippen LogP contribution is 2.68. The van der Waals surface area contributed by atoms with E-state index in [-0.39, 0.29) is 31.0 Å². The van der Waals surface area contributed by atoms with Gasteiger partial charge in [0.05, 0.1) is 11.0 Å². The summed E-state index contributed by atoms with van der Waals surface area (Å²) in [7, 11) is 0. The van der Waals surface area contributed by atoms with E-state index in [0.717, 1.165) is 34.4 Å². The predicted molar refractivity (Wildman–Crippen MR) is 177 cm³/mol. The summed E-state index contributed by atoms with van der Waals surface area (Å²) in [5.41, 5.74) is -1.12. The summed E-state index contributed by atoms with van der Waals surface area (Å²) in [5, 5.41) is 42.9. The van der Waals surface area contributed by atoms with Crippen molar-refractivity contribution in [3.05, 3.63) is 75.6 Å². The Kier molecular flexibility index (Phi) is 10.5. The first-order valence-electron chi connectivity index (χ1n) is 15.7. The molecule has 0 saturated heterocycles. The van der Waals surface area contributed by atoms with Gasteiger partial charge in [-0.1, -0.05) is 53.5 Å². The van der Waals surface area contributed by atoms with Crippen LogP contribution >= 0.6 is 0 Å². The molecule has 7 heteroatoms. The van der Waals surface area contributed by atoms with Gasteiger partial charge in [0.25, 0.3) is 0 Å². The molecule has 1 aromatic carbocycles. The molecule has 45 heavy (non-hydrogen) atoms. The molecule has 0 radical (unpaired) electrons. The van der Waals surface area contributed by atoms with Gasteiger partial charge in [-0.2, -0.15) is 0 Å². The van der Waals surface area contributed by atoms with Crippen molar-refractivity contribution in [2.75, 3.05) is 0 Å². The zero-order chi connectivity index (χ0) is 34.1. The summed E-state index contributed by atoms with van der Waals surface area (Å²) in [5.74, 6) is -4.90. The molecule has 0 aromatic heterocycles. The van der Waals surface area contributed by atoms with Gasteiger partial charge in [-0.3, -0.25) is 14.4 Å². The van der Waals surface area contributed by atoms with Crippen LogP contribution in [-0.2, 0) is 9.59 Å². The minimum atomic E-state index is -1.69. The Morgan fingerprint density at radius 1 is 0.778 bits per heavy atom. The minimum absolute atomic E-state index is 0.0527. The van der Waals surface area contributed by atoms with Gasteiger partial charge in [-0.15, -0.1) is 0 Å². The number of benzene rings is 1. The number of aliphatic hydroxyl groups is 1. The van der Waals surface area contributed by atoms with Crippen LogP contribution in [-0.4, -0.2) is 37.8 Å². The van der Waals surface area contributed by atoms with Crippen molar-refractivity contribution in [1.82, 2.24) is 0 Å². The fourth-order valence-electron chi connectivity index (χ4n) is 7.20. The molecule has 1 aromatic rings. The van der Waals surface area contributed by atoms with Gasteiger partial charge in [0, 0.05) is 6.07 Å². The number of aromatic hydroxyl groups is 3. The number of ketones is 3. The highest BCUT2D eigenvalue weighted by molar-refractivity contribution is 6.35. The molecule has 0 spiro atoms. The van der Waals surface area contributed by atoms with Gasteiger partial charge in [-0.25, -0.2) is 0 Å². The van der Waals surface area contributed by atoms with E-state index in [1.54, 1.807) is 0 Å². The highest BCUT2D eigenvalue weighted by atomic mass is 16.3. The van der Waals surface area contributed by atoms with Crippen molar-refractivity contribution in [1.29, 1.82) is 0 Å². The van der Waals surface area contributed by atoms with Crippen molar-refractivity contribution in [3.63, 3.8) is 0 Å². The largest absolute Gasteiger partial charge is 0.510 e. The number of carbonyl (C=O) groups is 3. The summed E-state index contributed by atoms with van der Waals surface area (Å²) in [4.78, 5) is 44.6. The van der Waals surface area contributed by atoms with Gasteiger partial charge >= 0.3 is 0 Å². The molecule has 0 heterocycles. The zero-order valence-corrected chi connectivity index (χ0v) is 28.3. The van der Waals surface area contributed by atoms with Crippen LogP contribution < -0.4 is 0 Å². The second-order valence-electron chi connectivity index (χ2n) is 14.2. The molecule has 4 atom stereocenters. The van der Waals surface area contributed by atoms with E-state index in [1.807, 2.05) is 74.5 Å². The van der Waals surface area contributed by atoms with Crippen LogP contribution in [0.15, 0.2) is 70.1 Å². The average molecular weight is 619 g/mol. The third kappa shape index (κ3) is 6.31. The number of hydrogen-bond donors (Lipinski definition) is 4. The monoisotopic (exact) mass is 618 g/mol. The Bertz CT molecular complexity index is 1540. The SMILES string of the molecule is CC(C)=CCC[C@@]1(C)[C@H](CC=C(C)C)C[C@]2(CC=C(C)C)C(=O)[C@@]1(CC=C(C)C)C(=O)C(C(=O)c1cc(O)c(O)cc1O)=C2O. The topological polar surface area (TPSA) is 132 Å². The molecular formula is C38H50O7. The number of Topliss-reactive ketones (excluding diaryl/α,β-unsaturated/α-hetero) is 3. The maximum atomic E-state index is 15.2. The van der Waals surface area contributed by atoms with E-state index in [2.05, 4.69) is 12.2 Å². The number of rotatable bonds is 11. The molecule has 2 aliphatic rings. The molecule has 3 rings (SSSR count). The molecule has 0 unspecified atom stereocenters. The van der Waals surface area contributed by atoms with Crippen LogP contribution in [0, 0.1) is 22.2 Å². The lowest BCUT2D eigenvalue weighted by Gasteiger charge is -2.61. The van der Waals surface area contributed by atoms with Crippen molar-refractivity contribution in [2.45, 2.75) is 101 Å². The Morgan fingerprint density at radius 2 is 1.31 bits per heavy atom. The normalized spacial score (nSPS) is 25.8. The summed E-state index contributed by atoms with van der Waals surface area (Å²) < 4.78 is 0. The van der Waals surface area contributed by atoms with E-state index in [9.17, 15) is 25.2 Å². The summed E-state index contributed by atoms with van der Waals surface area (Å²) >= 11 is 0. The number of carbonyl (C=O) groups excluding carboxylic acids is 3. The smallest absolute Gasteiger partial charge is 0.203 e. The van der Waals surface area contributed by atoms with Crippen LogP contribution in [0.25, 0.3) is 0 Å². The fourth-order valence-corrected chi connectivity index (χ4v) is 7.20. The van der Waals surface area contributed by atoms with Crippen molar-refractivity contribution in [3.8, 4) is 17.2 Å². The highest BCUT2D eigenvalue weighted by Gasteiger charge is 2.73. The molecule has 1 saturated carbocycles. The van der Waals surface area contributed by atoms with Gasteiger partial charge in [0.15, 0.2) is 23.1 Å². The number of allylic oxidation sites excluding steroid dienone is 10. The molecule has 244 valence electrons. The lowest BCUT2D eigenvalue weighted by Crippen LogP contribution is -2.67. The van der Waals surface area contributed by atoms with Crippen LogP contribution in [0.1, 0.15) is 111 Å². The van der Waals surface area contributed by atoms with Crippen molar-refractivity contribution >= 4 is 17.3 Å². The van der Waals surface area contributed by atoms with E-state index in [1.165, 1.54) is 0 Å². The van der Waals surface area contributed by atoms with Gasteiger partial charge in [0.1, 0.15) is 22.5 Å². The number of fused-ring (bicyclic) bond motifs is 2. The lowest BCUT2D eigenvalue weighted by atomic mass is 9.38. The molecule has 2 bridgehead atoms. The van der Waals surface area contributed by atoms with Crippen LogP contribution in [0.5, 0.6) is 17.2 Å². The molecule has 2 aliphatic carbocycles. The standard InChI is InChI=1S/C38H50O7/c1-22(2)11-10-16-36(9)26(13-12-23(3)4)21-37(17-14-24(5)6)33(43)31(32(42)27-19-29(40)30(41)20-28(27)39)34(44)38(36,35(37)45)18-15-25(7)8/h11-12,14-15,19-20,26,39-41,43H,10,13,16-18,21H2,1-9H3/t26-,36+,37+,38-/m1/s1. The quantitative estimate of drug-likeness (QED) is 0.0487. The minimum Gasteiger partial charge on any atom is -0.510 e. The average Bonchev–Trinajstić information content (AvgIpc) is 2.93. The van der Waals surface area contributed by atoms with Gasteiger partial charge < -0.3 is 20.4 Å². The lowest BCUT2D eigenvalue weighted by molar-refractivity contribution is -0.174. The van der Waals surface area contributed by atoms with E-state index >= 15 is 9.59 Å². The first kappa shape index (κ1) is 35.6. The molecule has 0 amide bonds. The number of aliphatic hydroxyl groups excluding tert-OH is 1. The van der Waals surface area contributed by atoms with Gasteiger partial charge in [0.2, 0.25) is 5.78 Å². The zero-order valence-electron chi connectivity index (χ0n) is 28.3. The number of phenols is 3. The second-order valence-corrected chi connectivity index (χ2v) is 14.2. The molecule has 4 N–H and O–H groups in total. The first-order valence-corrected chi connectivity index (χ1v) is 15.7. The second kappa shape index (κ2) is 13.2. The Balaban J connectivity index is 2.52. The van der Waals surface area contributed by atoms with E-state index in [4.69, 9.17) is 0 Å². The third-order valence-electron chi connectivity index (χ3n) is 9.86. The summed E-state index contributed by atoms with van der Waals surface area (Å²) in [6.07, 6.45) is 10.0. The summed E-state index contributed by atoms with van der Waals surface area (Å²) in [6.45, 7) is 17.6. The molecular weight excluding hydrogens is 568 g/mol. The Labute approximate surface area is 267 Å². The Morgan fingerprint density at radius 3 is 1.87 bits per heavy atom. The number of phenolic OH excluding ortho intramolecular Hbond substituents is 3. The Hall–Kier alpha value is -3.87. The van der Waals surface area contributed by atoms with E-state index < -0.39 is 62.0 Å². The van der Waals surface area contributed by atoms with E-state index in [0.29, 0.717) is 19.3 Å². The van der Waals surface area contributed by atoms with Gasteiger partial charge in [-0.05, 0) is 111 Å². The maximum Gasteiger partial charge on any atom is 0.203 e. The van der Waals surface area contributed by atoms with Crippen LogP contribution in [0.4, 0.5) is 0 Å². The maximum absolute atomic E-state index is 15.2. The molecule has 1 fully saturated rings. The van der Waals surface area contributed by atoms with Crippen molar-refractivity contribution in [2.24, 2.45) is 22.2 Å². The predicted octanol–water partition coefficient (Wildman–Crippen LogP) is 8.76. The summed E-state index contributed by atoms with van der Waals surface area (Å²) in [6, 6.07) is 1.69. The van der Waals surface area contributed by atoms with Crippen molar-refractivity contribution < 1.29 is 34.8 Å². The fraction of sp³-hybridized carbons (Fsp3) is 0.500. The van der Waals surface area contributed by atoms with Crippen LogP contribution in [0.3, 0.4) is 0 Å². The molecule has 0 aliphatic heterocycles. The first-order chi connectivity index (χ1) is 20.9. The number of hydrogen-bond acceptors (Lipinski definition) is 7. The molecule has 7 nitrogen and oxygen atoms in total. The third-order valence-corrected chi connectivity index (χ3v) is 9.86.